The SMILES string of the molecule is Cc1ccc(CN2CCN(C(=S)NCC(=O)NCCc3ccc(Cl)cc3)CC23CCCCC3)cc1. The Labute approximate surface area is 220 Å². The van der Waals surface area contributed by atoms with E-state index in [-0.39, 0.29) is 18.0 Å². The van der Waals surface area contributed by atoms with Gasteiger partial charge in [-0.3, -0.25) is 9.69 Å². The molecule has 1 heterocycles. The Hall–Kier alpha value is -2.15. The number of thiocarbonyl (C=S) groups is 1. The number of amides is 1. The van der Waals surface area contributed by atoms with Gasteiger partial charge in [0.2, 0.25) is 5.91 Å². The van der Waals surface area contributed by atoms with Crippen LogP contribution >= 0.6 is 23.8 Å². The number of hydrogen-bond acceptors (Lipinski definition) is 3. The van der Waals surface area contributed by atoms with E-state index < -0.39 is 0 Å². The lowest BCUT2D eigenvalue weighted by Crippen LogP contribution is -2.64. The average molecular weight is 513 g/mol. The number of benzene rings is 2. The molecule has 188 valence electrons. The van der Waals surface area contributed by atoms with Gasteiger partial charge in [-0.15, -0.1) is 0 Å². The van der Waals surface area contributed by atoms with Crippen LogP contribution in [0.4, 0.5) is 0 Å². The van der Waals surface area contributed by atoms with Gasteiger partial charge in [0.25, 0.3) is 0 Å². The maximum atomic E-state index is 12.4. The van der Waals surface area contributed by atoms with Crippen LogP contribution in [0.25, 0.3) is 0 Å². The lowest BCUT2D eigenvalue weighted by molar-refractivity contribution is -0.120. The smallest absolute Gasteiger partial charge is 0.239 e. The number of aryl methyl sites for hydroxylation is 1. The van der Waals surface area contributed by atoms with Crippen molar-refractivity contribution in [3.8, 4) is 0 Å². The van der Waals surface area contributed by atoms with Crippen LogP contribution in [0.1, 0.15) is 48.8 Å². The topological polar surface area (TPSA) is 47.6 Å². The zero-order valence-electron chi connectivity index (χ0n) is 20.7. The highest BCUT2D eigenvalue weighted by atomic mass is 35.5. The minimum atomic E-state index is -0.0355. The first-order valence-electron chi connectivity index (χ1n) is 12.8. The largest absolute Gasteiger partial charge is 0.354 e. The van der Waals surface area contributed by atoms with E-state index in [0.717, 1.165) is 43.2 Å². The van der Waals surface area contributed by atoms with Gasteiger partial charge >= 0.3 is 0 Å². The van der Waals surface area contributed by atoms with Crippen molar-refractivity contribution in [1.29, 1.82) is 0 Å². The maximum absolute atomic E-state index is 12.4. The van der Waals surface area contributed by atoms with Gasteiger partial charge in [-0.2, -0.15) is 0 Å². The van der Waals surface area contributed by atoms with Crippen LogP contribution in [0.3, 0.4) is 0 Å². The van der Waals surface area contributed by atoms with E-state index in [1.165, 1.54) is 43.2 Å². The number of nitrogens with zero attached hydrogens (tertiary/aromatic N) is 2. The Bertz CT molecular complexity index is 989. The molecular formula is C28H37ClN4OS. The number of carbonyl (C=O) groups is 1. The van der Waals surface area contributed by atoms with Crippen molar-refractivity contribution in [2.75, 3.05) is 32.7 Å². The molecule has 0 bridgehead atoms. The molecule has 1 saturated heterocycles. The number of nitrogens with one attached hydrogen (secondary N) is 2. The fourth-order valence-corrected chi connectivity index (χ4v) is 5.71. The minimum absolute atomic E-state index is 0.0355. The molecule has 4 rings (SSSR count). The molecule has 5 nitrogen and oxygen atoms in total. The Kier molecular flexibility index (Phi) is 9.04. The highest BCUT2D eigenvalue weighted by Gasteiger charge is 2.42. The third kappa shape index (κ3) is 7.18. The van der Waals surface area contributed by atoms with Gasteiger partial charge in [-0.1, -0.05) is 72.8 Å². The molecule has 1 amide bonds. The molecule has 1 spiro atoms. The first kappa shape index (κ1) is 25.9. The number of piperazine rings is 1. The van der Waals surface area contributed by atoms with Crippen molar-refractivity contribution in [2.45, 2.75) is 57.5 Å². The summed E-state index contributed by atoms with van der Waals surface area (Å²) in [4.78, 5) is 17.3. The Balaban J connectivity index is 1.27. The summed E-state index contributed by atoms with van der Waals surface area (Å²) in [6.45, 7) is 6.73. The van der Waals surface area contributed by atoms with Crippen LogP contribution in [0.5, 0.6) is 0 Å². The standard InChI is InChI=1S/C28H37ClN4OS/c1-22-5-7-24(8-6-22)20-33-18-17-32(21-28(33)14-3-2-4-15-28)27(35)31-19-26(34)30-16-13-23-9-11-25(29)12-10-23/h5-12H,2-4,13-21H2,1H3,(H,30,34)(H,31,35). The van der Waals surface area contributed by atoms with Gasteiger partial charge < -0.3 is 15.5 Å². The van der Waals surface area contributed by atoms with Gasteiger partial charge in [0.05, 0.1) is 6.54 Å². The fraction of sp³-hybridized carbons (Fsp3) is 0.500. The molecule has 0 aromatic heterocycles. The first-order valence-corrected chi connectivity index (χ1v) is 13.6. The second kappa shape index (κ2) is 12.2. The normalized spacial score (nSPS) is 17.8. The molecule has 1 saturated carbocycles. The van der Waals surface area contributed by atoms with E-state index in [2.05, 4.69) is 51.6 Å². The zero-order valence-corrected chi connectivity index (χ0v) is 22.3. The summed E-state index contributed by atoms with van der Waals surface area (Å²) in [6, 6.07) is 16.7. The molecule has 0 unspecified atom stereocenters. The van der Waals surface area contributed by atoms with Crippen molar-refractivity contribution in [1.82, 2.24) is 20.4 Å². The Morgan fingerprint density at radius 2 is 1.66 bits per heavy atom. The van der Waals surface area contributed by atoms with Crippen LogP contribution in [0.2, 0.25) is 5.02 Å². The van der Waals surface area contributed by atoms with E-state index in [1.807, 2.05) is 24.3 Å². The van der Waals surface area contributed by atoms with Gasteiger partial charge in [0, 0.05) is 43.3 Å². The van der Waals surface area contributed by atoms with Gasteiger partial charge in [-0.25, -0.2) is 0 Å². The van der Waals surface area contributed by atoms with Crippen LogP contribution < -0.4 is 10.6 Å². The number of carbonyl (C=O) groups excluding carboxylic acids is 1. The number of halogens is 1. The summed E-state index contributed by atoms with van der Waals surface area (Å²) >= 11 is 11.7. The van der Waals surface area contributed by atoms with Crippen molar-refractivity contribution in [2.24, 2.45) is 0 Å². The van der Waals surface area contributed by atoms with Crippen molar-refractivity contribution in [3.63, 3.8) is 0 Å². The summed E-state index contributed by atoms with van der Waals surface area (Å²) in [6.07, 6.45) is 7.06. The third-order valence-electron chi connectivity index (χ3n) is 7.41. The van der Waals surface area contributed by atoms with Gasteiger partial charge in [0.15, 0.2) is 5.11 Å². The molecule has 1 aliphatic carbocycles. The average Bonchev–Trinajstić information content (AvgIpc) is 2.87. The summed E-state index contributed by atoms with van der Waals surface area (Å²) < 4.78 is 0. The molecule has 0 radical (unpaired) electrons. The first-order chi connectivity index (χ1) is 16.9. The van der Waals surface area contributed by atoms with E-state index in [1.54, 1.807) is 0 Å². The molecule has 1 aliphatic heterocycles. The van der Waals surface area contributed by atoms with E-state index in [4.69, 9.17) is 23.8 Å². The highest BCUT2D eigenvalue weighted by Crippen LogP contribution is 2.37. The molecule has 2 aromatic rings. The van der Waals surface area contributed by atoms with Crippen LogP contribution in [-0.4, -0.2) is 59.1 Å². The molecule has 2 aromatic carbocycles. The second-order valence-electron chi connectivity index (χ2n) is 10.00. The predicted molar refractivity (Wildman–Crippen MR) is 148 cm³/mol. The van der Waals surface area contributed by atoms with E-state index in [0.29, 0.717) is 11.7 Å². The van der Waals surface area contributed by atoms with Gasteiger partial charge in [-0.05, 0) is 61.7 Å². The predicted octanol–water partition coefficient (Wildman–Crippen LogP) is 4.70. The lowest BCUT2D eigenvalue weighted by Gasteiger charge is -2.53. The summed E-state index contributed by atoms with van der Waals surface area (Å²) in [5, 5.41) is 7.60. The van der Waals surface area contributed by atoms with Crippen molar-refractivity contribution in [3.05, 3.63) is 70.2 Å². The number of rotatable bonds is 7. The summed E-state index contributed by atoms with van der Waals surface area (Å²) in [7, 11) is 0. The summed E-state index contributed by atoms with van der Waals surface area (Å²) in [5.41, 5.74) is 3.99. The number of hydrogen-bond donors (Lipinski definition) is 2. The lowest BCUT2D eigenvalue weighted by atomic mass is 9.78. The molecule has 0 atom stereocenters. The van der Waals surface area contributed by atoms with Crippen molar-refractivity contribution < 1.29 is 4.79 Å². The molecular weight excluding hydrogens is 476 g/mol. The maximum Gasteiger partial charge on any atom is 0.239 e. The molecule has 2 fully saturated rings. The Morgan fingerprint density at radius 3 is 2.37 bits per heavy atom. The minimum Gasteiger partial charge on any atom is -0.354 e. The monoisotopic (exact) mass is 512 g/mol. The molecule has 7 heteroatoms. The summed E-state index contributed by atoms with van der Waals surface area (Å²) in [5.74, 6) is -0.0355. The quantitative estimate of drug-likeness (QED) is 0.526. The highest BCUT2D eigenvalue weighted by molar-refractivity contribution is 7.80. The zero-order chi connectivity index (χ0) is 24.7. The van der Waals surface area contributed by atoms with Crippen LogP contribution in [0.15, 0.2) is 48.5 Å². The molecule has 35 heavy (non-hydrogen) atoms. The second-order valence-corrected chi connectivity index (χ2v) is 10.8. The molecule has 2 aliphatic rings. The van der Waals surface area contributed by atoms with Crippen LogP contribution in [0, 0.1) is 6.92 Å². The molecule has 2 N–H and O–H groups in total. The van der Waals surface area contributed by atoms with Crippen molar-refractivity contribution >= 4 is 34.8 Å². The fourth-order valence-electron chi connectivity index (χ4n) is 5.36. The van der Waals surface area contributed by atoms with E-state index >= 15 is 0 Å². The third-order valence-corrected chi connectivity index (χ3v) is 8.07. The van der Waals surface area contributed by atoms with Crippen LogP contribution in [-0.2, 0) is 17.8 Å². The van der Waals surface area contributed by atoms with Gasteiger partial charge in [0.1, 0.15) is 0 Å². The van der Waals surface area contributed by atoms with E-state index in [9.17, 15) is 4.79 Å². The Morgan fingerprint density at radius 1 is 0.971 bits per heavy atom.